The van der Waals surface area contributed by atoms with Gasteiger partial charge in [-0.3, -0.25) is 4.79 Å². The highest BCUT2D eigenvalue weighted by molar-refractivity contribution is 7.89. The quantitative estimate of drug-likeness (QED) is 0.844. The third-order valence-electron chi connectivity index (χ3n) is 5.51. The summed E-state index contributed by atoms with van der Waals surface area (Å²) >= 11 is 0. The molecule has 0 unspecified atom stereocenters. The maximum atomic E-state index is 13.7. The maximum absolute atomic E-state index is 13.7. The van der Waals surface area contributed by atoms with Gasteiger partial charge in [-0.2, -0.15) is 4.31 Å². The van der Waals surface area contributed by atoms with Crippen LogP contribution in [0.4, 0.5) is 10.1 Å². The van der Waals surface area contributed by atoms with Crippen LogP contribution in [0.2, 0.25) is 0 Å². The van der Waals surface area contributed by atoms with Crippen molar-refractivity contribution in [2.75, 3.05) is 18.4 Å². The molecule has 1 fully saturated rings. The average Bonchev–Trinajstić information content (AvgIpc) is 2.94. The lowest BCUT2D eigenvalue weighted by Crippen LogP contribution is -2.38. The van der Waals surface area contributed by atoms with Crippen molar-refractivity contribution in [1.29, 1.82) is 0 Å². The van der Waals surface area contributed by atoms with Gasteiger partial charge in [-0.15, -0.1) is 0 Å². The van der Waals surface area contributed by atoms with Crippen molar-refractivity contribution in [2.24, 2.45) is 13.0 Å². The minimum atomic E-state index is -3.66. The zero-order valence-electron chi connectivity index (χ0n) is 16.6. The van der Waals surface area contributed by atoms with E-state index in [0.29, 0.717) is 36.0 Å². The van der Waals surface area contributed by atoms with Gasteiger partial charge < -0.3 is 9.88 Å². The van der Waals surface area contributed by atoms with E-state index in [4.69, 9.17) is 0 Å². The van der Waals surface area contributed by atoms with Crippen LogP contribution in [0.3, 0.4) is 0 Å². The van der Waals surface area contributed by atoms with E-state index >= 15 is 0 Å². The molecule has 0 saturated carbocycles. The Morgan fingerprint density at radius 3 is 2.43 bits per heavy atom. The number of aryl methyl sites for hydroxylation is 1. The smallest absolute Gasteiger partial charge is 0.272 e. The molecular weight excluding hydrogens is 381 g/mol. The first-order valence-electron chi connectivity index (χ1n) is 9.35. The van der Waals surface area contributed by atoms with E-state index in [1.165, 1.54) is 16.4 Å². The number of rotatable bonds is 4. The van der Waals surface area contributed by atoms with E-state index in [9.17, 15) is 17.6 Å². The summed E-state index contributed by atoms with van der Waals surface area (Å²) in [7, 11) is -2.01. The number of amides is 1. The minimum absolute atomic E-state index is 0.143. The van der Waals surface area contributed by atoms with Gasteiger partial charge in [-0.25, -0.2) is 12.8 Å². The Morgan fingerprint density at radius 1 is 1.18 bits per heavy atom. The number of piperidine rings is 1. The highest BCUT2D eigenvalue weighted by Crippen LogP contribution is 2.27. The zero-order chi connectivity index (χ0) is 20.6. The number of benzene rings is 1. The number of aromatic nitrogens is 1. The molecule has 152 valence electrons. The van der Waals surface area contributed by atoms with Crippen LogP contribution in [0.15, 0.2) is 29.2 Å². The number of hydrogen-bond acceptors (Lipinski definition) is 3. The van der Waals surface area contributed by atoms with Gasteiger partial charge in [0.2, 0.25) is 10.0 Å². The molecule has 0 bridgehead atoms. The fraction of sp³-hybridized carbons (Fsp3) is 0.450. The predicted molar refractivity (Wildman–Crippen MR) is 106 cm³/mol. The second kappa shape index (κ2) is 7.67. The molecule has 0 atom stereocenters. The number of carbonyl (C=O) groups is 1. The fourth-order valence-corrected chi connectivity index (χ4v) is 5.12. The first-order valence-corrected chi connectivity index (χ1v) is 10.8. The van der Waals surface area contributed by atoms with E-state index in [-0.39, 0.29) is 10.6 Å². The van der Waals surface area contributed by atoms with Crippen molar-refractivity contribution < 1.29 is 17.6 Å². The topological polar surface area (TPSA) is 71.4 Å². The summed E-state index contributed by atoms with van der Waals surface area (Å²) in [5, 5.41) is 2.64. The van der Waals surface area contributed by atoms with Crippen LogP contribution in [-0.2, 0) is 17.1 Å². The summed E-state index contributed by atoms with van der Waals surface area (Å²) in [5.41, 5.74) is 1.51. The number of carbonyl (C=O) groups excluding carboxylic acids is 1. The molecule has 1 aliphatic heterocycles. The minimum Gasteiger partial charge on any atom is -0.343 e. The van der Waals surface area contributed by atoms with Crippen LogP contribution in [0.5, 0.6) is 0 Å². The van der Waals surface area contributed by atoms with E-state index in [0.717, 1.165) is 12.8 Å². The van der Waals surface area contributed by atoms with E-state index in [2.05, 4.69) is 12.2 Å². The average molecular weight is 408 g/mol. The molecule has 1 saturated heterocycles. The number of nitrogens with zero attached hydrogens (tertiary/aromatic N) is 2. The number of sulfonamides is 1. The Bertz CT molecular complexity index is 1010. The number of hydrogen-bond donors (Lipinski definition) is 1. The van der Waals surface area contributed by atoms with Gasteiger partial charge in [0.15, 0.2) is 0 Å². The van der Waals surface area contributed by atoms with Crippen molar-refractivity contribution in [3.05, 3.63) is 47.0 Å². The Hall–Kier alpha value is -2.19. The molecule has 0 spiro atoms. The number of nitrogens with one attached hydrogen (secondary N) is 1. The second-order valence-corrected chi connectivity index (χ2v) is 9.45. The second-order valence-electron chi connectivity index (χ2n) is 7.54. The van der Waals surface area contributed by atoms with Gasteiger partial charge in [0.1, 0.15) is 16.4 Å². The third-order valence-corrected chi connectivity index (χ3v) is 7.53. The molecule has 1 aromatic heterocycles. The number of halogens is 1. The molecule has 1 aromatic carbocycles. The Balaban J connectivity index is 1.88. The Morgan fingerprint density at radius 2 is 1.82 bits per heavy atom. The van der Waals surface area contributed by atoms with Gasteiger partial charge in [-0.1, -0.05) is 13.0 Å². The Labute approximate surface area is 165 Å². The first-order chi connectivity index (χ1) is 13.1. The van der Waals surface area contributed by atoms with Gasteiger partial charge in [0, 0.05) is 31.5 Å². The van der Waals surface area contributed by atoms with Crippen LogP contribution in [0.25, 0.3) is 0 Å². The standard InChI is InChI=1S/C20H26FN3O3S/c1-13-7-9-24(10-8-13)28(26,27)19-12-18(23(4)15(19)3)20(25)22-16-6-5-14(2)17(21)11-16/h5-6,11-13H,7-10H2,1-4H3,(H,22,25). The highest BCUT2D eigenvalue weighted by atomic mass is 32.2. The summed E-state index contributed by atoms with van der Waals surface area (Å²) in [5.74, 6) is -0.384. The summed E-state index contributed by atoms with van der Waals surface area (Å²) in [6.45, 7) is 6.42. The van der Waals surface area contributed by atoms with Crippen molar-refractivity contribution in [3.8, 4) is 0 Å². The van der Waals surface area contributed by atoms with Crippen LogP contribution >= 0.6 is 0 Å². The summed E-state index contributed by atoms with van der Waals surface area (Å²) in [6.07, 6.45) is 1.66. The van der Waals surface area contributed by atoms with Gasteiger partial charge in [-0.05, 0) is 56.4 Å². The van der Waals surface area contributed by atoms with Crippen molar-refractivity contribution >= 4 is 21.6 Å². The fourth-order valence-electron chi connectivity index (χ4n) is 3.38. The van der Waals surface area contributed by atoms with E-state index in [1.54, 1.807) is 37.6 Å². The molecular formula is C20H26FN3O3S. The predicted octanol–water partition coefficient (Wildman–Crippen LogP) is 3.45. The van der Waals surface area contributed by atoms with Crippen LogP contribution < -0.4 is 5.32 Å². The lowest BCUT2D eigenvalue weighted by molar-refractivity contribution is 0.101. The zero-order valence-corrected chi connectivity index (χ0v) is 17.4. The number of anilines is 1. The molecule has 1 N–H and O–H groups in total. The molecule has 8 heteroatoms. The lowest BCUT2D eigenvalue weighted by Gasteiger charge is -2.29. The lowest BCUT2D eigenvalue weighted by atomic mass is 10.0. The molecule has 0 radical (unpaired) electrons. The maximum Gasteiger partial charge on any atom is 0.272 e. The highest BCUT2D eigenvalue weighted by Gasteiger charge is 2.32. The molecule has 28 heavy (non-hydrogen) atoms. The molecule has 0 aliphatic carbocycles. The molecule has 2 aromatic rings. The summed E-state index contributed by atoms with van der Waals surface area (Å²) in [6, 6.07) is 5.84. The van der Waals surface area contributed by atoms with Crippen LogP contribution in [-0.4, -0.2) is 36.3 Å². The van der Waals surface area contributed by atoms with E-state index < -0.39 is 21.7 Å². The van der Waals surface area contributed by atoms with Crippen LogP contribution in [0, 0.1) is 25.6 Å². The normalized spacial score (nSPS) is 16.3. The monoisotopic (exact) mass is 407 g/mol. The first kappa shape index (κ1) is 20.5. The van der Waals surface area contributed by atoms with Gasteiger partial charge >= 0.3 is 0 Å². The largest absolute Gasteiger partial charge is 0.343 e. The third kappa shape index (κ3) is 3.84. The summed E-state index contributed by atoms with van der Waals surface area (Å²) < 4.78 is 42.9. The Kier molecular flexibility index (Phi) is 5.63. The molecule has 2 heterocycles. The molecule has 1 amide bonds. The molecule has 6 nitrogen and oxygen atoms in total. The van der Waals surface area contributed by atoms with Crippen molar-refractivity contribution in [2.45, 2.75) is 38.5 Å². The van der Waals surface area contributed by atoms with Crippen molar-refractivity contribution in [3.63, 3.8) is 0 Å². The summed E-state index contributed by atoms with van der Waals surface area (Å²) in [4.78, 5) is 12.8. The molecule has 1 aliphatic rings. The van der Waals surface area contributed by atoms with Crippen molar-refractivity contribution in [1.82, 2.24) is 8.87 Å². The SMILES string of the molecule is Cc1ccc(NC(=O)c2cc(S(=O)(=O)N3CCC(C)CC3)c(C)n2C)cc1F. The van der Waals surface area contributed by atoms with E-state index in [1.807, 2.05) is 0 Å². The van der Waals surface area contributed by atoms with Crippen LogP contribution in [0.1, 0.15) is 41.5 Å². The van der Waals surface area contributed by atoms with Gasteiger partial charge in [0.05, 0.1) is 0 Å². The molecule has 3 rings (SSSR count). The van der Waals surface area contributed by atoms with Gasteiger partial charge in [0.25, 0.3) is 5.91 Å².